The van der Waals surface area contributed by atoms with Gasteiger partial charge in [-0.15, -0.1) is 12.4 Å². The minimum atomic E-state index is -3.88. The van der Waals surface area contributed by atoms with Crippen molar-refractivity contribution in [2.75, 3.05) is 20.1 Å². The van der Waals surface area contributed by atoms with E-state index in [1.807, 2.05) is 20.8 Å². The fraction of sp³-hybridized carbons (Fsp3) is 0.632. The summed E-state index contributed by atoms with van der Waals surface area (Å²) in [5.74, 6) is -0.0129. The monoisotopic (exact) mass is 419 g/mol. The number of unbranched alkanes of at least 4 members (excludes halogenated alkanes) is 1. The molecule has 0 fully saturated rings. The average Bonchev–Trinajstić information content (AvgIpc) is 2.57. The second-order valence-electron chi connectivity index (χ2n) is 7.54. The van der Waals surface area contributed by atoms with E-state index in [-0.39, 0.29) is 41.2 Å². The number of amides is 1. The molecule has 0 radical (unpaired) electrons. The van der Waals surface area contributed by atoms with E-state index < -0.39 is 15.6 Å². The predicted molar refractivity (Wildman–Crippen MR) is 113 cm³/mol. The van der Waals surface area contributed by atoms with Gasteiger partial charge in [0.1, 0.15) is 0 Å². The van der Waals surface area contributed by atoms with Crippen molar-refractivity contribution in [2.24, 2.45) is 11.7 Å². The minimum Gasteiger partial charge on any atom is -0.342 e. The Kier molecular flexibility index (Phi) is 10.5. The first-order valence-corrected chi connectivity index (χ1v) is 10.6. The summed E-state index contributed by atoms with van der Waals surface area (Å²) < 4.78 is 28.7. The van der Waals surface area contributed by atoms with Crippen LogP contribution in [0.25, 0.3) is 0 Å². The summed E-state index contributed by atoms with van der Waals surface area (Å²) in [6.45, 7) is 8.64. The molecule has 1 unspecified atom stereocenters. The van der Waals surface area contributed by atoms with Crippen LogP contribution < -0.4 is 10.5 Å². The summed E-state index contributed by atoms with van der Waals surface area (Å²) >= 11 is 0. The number of sulfonamides is 1. The maximum atomic E-state index is 13.0. The third-order valence-electron chi connectivity index (χ3n) is 4.29. The molecule has 0 bridgehead atoms. The zero-order chi connectivity index (χ0) is 20.0. The molecule has 1 atom stereocenters. The van der Waals surface area contributed by atoms with Gasteiger partial charge in [0.2, 0.25) is 10.0 Å². The lowest BCUT2D eigenvalue weighted by Gasteiger charge is -2.31. The lowest BCUT2D eigenvalue weighted by molar-refractivity contribution is 0.0789. The van der Waals surface area contributed by atoms with E-state index in [1.165, 1.54) is 6.07 Å². The Morgan fingerprint density at radius 3 is 2.41 bits per heavy atom. The Morgan fingerprint density at radius 1 is 1.30 bits per heavy atom. The van der Waals surface area contributed by atoms with Gasteiger partial charge in [-0.2, -0.15) is 0 Å². The van der Waals surface area contributed by atoms with Crippen molar-refractivity contribution >= 4 is 28.3 Å². The van der Waals surface area contributed by atoms with Gasteiger partial charge in [-0.1, -0.05) is 39.3 Å². The highest BCUT2D eigenvalue weighted by atomic mass is 35.5. The maximum Gasteiger partial charge on any atom is 0.254 e. The van der Waals surface area contributed by atoms with E-state index in [1.54, 1.807) is 37.1 Å². The largest absolute Gasteiger partial charge is 0.342 e. The number of nitrogens with two attached hydrogens (primary N) is 1. The van der Waals surface area contributed by atoms with Gasteiger partial charge in [0.05, 0.1) is 10.5 Å². The van der Waals surface area contributed by atoms with Gasteiger partial charge in [0.15, 0.2) is 0 Å². The second-order valence-corrected chi connectivity index (χ2v) is 9.20. The summed E-state index contributed by atoms with van der Waals surface area (Å²) in [5, 5.41) is 0. The normalized spacial score (nSPS) is 13.7. The summed E-state index contributed by atoms with van der Waals surface area (Å²) in [7, 11) is -2.19. The number of carbonyl (C=O) groups is 1. The summed E-state index contributed by atoms with van der Waals surface area (Å²) in [6, 6.07) is 6.33. The molecule has 3 N–H and O–H groups in total. The second kappa shape index (κ2) is 11.0. The zero-order valence-corrected chi connectivity index (χ0v) is 18.6. The molecule has 0 spiro atoms. The van der Waals surface area contributed by atoms with E-state index in [0.717, 1.165) is 12.8 Å². The van der Waals surface area contributed by atoms with Crippen LogP contribution in [0, 0.1) is 5.92 Å². The fourth-order valence-corrected chi connectivity index (χ4v) is 4.66. The molecule has 0 saturated heterocycles. The molecular weight excluding hydrogens is 386 g/mol. The Bertz CT molecular complexity index is 710. The number of carbonyl (C=O) groups excluding carboxylic acids is 1. The number of nitrogens with zero attached hydrogens (tertiary/aromatic N) is 1. The molecule has 8 heteroatoms. The highest BCUT2D eigenvalue weighted by molar-refractivity contribution is 7.89. The number of nitrogens with one attached hydrogen (secondary N) is 1. The van der Waals surface area contributed by atoms with Crippen LogP contribution >= 0.6 is 12.4 Å². The summed E-state index contributed by atoms with van der Waals surface area (Å²) in [4.78, 5) is 14.3. The molecule has 0 aliphatic heterocycles. The third-order valence-corrected chi connectivity index (χ3v) is 5.99. The highest BCUT2D eigenvalue weighted by Gasteiger charge is 2.32. The van der Waals surface area contributed by atoms with Crippen molar-refractivity contribution in [1.29, 1.82) is 0 Å². The van der Waals surface area contributed by atoms with Crippen LogP contribution in [0.5, 0.6) is 0 Å². The van der Waals surface area contributed by atoms with E-state index >= 15 is 0 Å². The van der Waals surface area contributed by atoms with E-state index in [0.29, 0.717) is 13.0 Å². The summed E-state index contributed by atoms with van der Waals surface area (Å²) in [5.41, 5.74) is 5.26. The van der Waals surface area contributed by atoms with Crippen molar-refractivity contribution in [3.8, 4) is 0 Å². The Balaban J connectivity index is 0.00000676. The topological polar surface area (TPSA) is 92.5 Å². The van der Waals surface area contributed by atoms with Crippen LogP contribution in [0.1, 0.15) is 57.3 Å². The summed E-state index contributed by atoms with van der Waals surface area (Å²) in [6.07, 6.45) is 2.44. The van der Waals surface area contributed by atoms with Gasteiger partial charge in [-0.05, 0) is 37.8 Å². The van der Waals surface area contributed by atoms with E-state index in [2.05, 4.69) is 4.72 Å². The standard InChI is InChI=1S/C19H33N3O3S.ClH/c1-6-7-12-22(5)18(23)16-10-8-9-11-17(16)26(24,25)21-19(4,14-20)13-15(2)3;/h8-11,15,21H,6-7,12-14,20H2,1-5H3;1H. The van der Waals surface area contributed by atoms with Crippen LogP contribution in [0.15, 0.2) is 29.2 Å². The van der Waals surface area contributed by atoms with Gasteiger partial charge < -0.3 is 10.6 Å². The van der Waals surface area contributed by atoms with Gasteiger partial charge in [-0.25, -0.2) is 13.1 Å². The molecule has 1 amide bonds. The molecule has 0 aromatic heterocycles. The highest BCUT2D eigenvalue weighted by Crippen LogP contribution is 2.22. The van der Waals surface area contributed by atoms with Crippen LogP contribution in [0.4, 0.5) is 0 Å². The van der Waals surface area contributed by atoms with E-state index in [4.69, 9.17) is 5.73 Å². The Hall–Kier alpha value is -1.15. The van der Waals surface area contributed by atoms with Crippen molar-refractivity contribution in [3.63, 3.8) is 0 Å². The Morgan fingerprint density at radius 2 is 1.89 bits per heavy atom. The molecule has 27 heavy (non-hydrogen) atoms. The van der Waals surface area contributed by atoms with E-state index in [9.17, 15) is 13.2 Å². The quantitative estimate of drug-likeness (QED) is 0.609. The number of hydrogen-bond acceptors (Lipinski definition) is 4. The minimum absolute atomic E-state index is 0. The molecule has 1 aromatic rings. The molecule has 0 aliphatic rings. The first-order valence-electron chi connectivity index (χ1n) is 9.15. The number of rotatable bonds is 10. The predicted octanol–water partition coefficient (Wildman–Crippen LogP) is 3.02. The molecular formula is C19H34ClN3O3S. The van der Waals surface area contributed by atoms with Crippen LogP contribution in [0.3, 0.4) is 0 Å². The first-order chi connectivity index (χ1) is 12.1. The fourth-order valence-electron chi connectivity index (χ4n) is 3.03. The number of benzene rings is 1. The van der Waals surface area contributed by atoms with Gasteiger partial charge in [0, 0.05) is 25.7 Å². The van der Waals surface area contributed by atoms with Crippen LogP contribution in [0.2, 0.25) is 0 Å². The van der Waals surface area contributed by atoms with Gasteiger partial charge in [-0.3, -0.25) is 4.79 Å². The number of halogens is 1. The lowest BCUT2D eigenvalue weighted by Crippen LogP contribution is -2.52. The molecule has 0 heterocycles. The molecule has 156 valence electrons. The smallest absolute Gasteiger partial charge is 0.254 e. The Labute approximate surface area is 170 Å². The van der Waals surface area contributed by atoms with Gasteiger partial charge in [0.25, 0.3) is 5.91 Å². The zero-order valence-electron chi connectivity index (χ0n) is 17.0. The third kappa shape index (κ3) is 7.41. The molecule has 1 aromatic carbocycles. The van der Waals surface area contributed by atoms with Crippen molar-refractivity contribution in [1.82, 2.24) is 9.62 Å². The maximum absolute atomic E-state index is 13.0. The van der Waals surface area contributed by atoms with Gasteiger partial charge >= 0.3 is 0 Å². The average molecular weight is 420 g/mol. The molecule has 0 aliphatic carbocycles. The molecule has 0 saturated carbocycles. The van der Waals surface area contributed by atoms with Crippen molar-refractivity contribution in [2.45, 2.75) is 57.4 Å². The lowest BCUT2D eigenvalue weighted by atomic mass is 9.92. The van der Waals surface area contributed by atoms with Crippen molar-refractivity contribution in [3.05, 3.63) is 29.8 Å². The SMILES string of the molecule is CCCCN(C)C(=O)c1ccccc1S(=O)(=O)NC(C)(CN)CC(C)C.Cl. The van der Waals surface area contributed by atoms with Crippen LogP contribution in [-0.2, 0) is 10.0 Å². The molecule has 1 rings (SSSR count). The van der Waals surface area contributed by atoms with Crippen molar-refractivity contribution < 1.29 is 13.2 Å². The number of hydrogen-bond donors (Lipinski definition) is 2. The molecule has 6 nitrogen and oxygen atoms in total. The first kappa shape index (κ1) is 25.9. The van der Waals surface area contributed by atoms with Crippen LogP contribution in [-0.4, -0.2) is 44.9 Å².